The van der Waals surface area contributed by atoms with Crippen LogP contribution in [0.3, 0.4) is 0 Å². The van der Waals surface area contributed by atoms with Crippen molar-refractivity contribution in [2.24, 2.45) is 0 Å². The molecule has 1 heterocycles. The average Bonchev–Trinajstić information content (AvgIpc) is 2.54. The Morgan fingerprint density at radius 2 is 1.80 bits per heavy atom. The van der Waals surface area contributed by atoms with Crippen LogP contribution in [0.2, 0.25) is 0 Å². The fraction of sp³-hybridized carbons (Fsp3) is 0.250. The molecule has 5 N–H and O–H groups in total. The summed E-state index contributed by atoms with van der Waals surface area (Å²) in [5.74, 6) is -0.145. The Bertz CT molecular complexity index is 747. The summed E-state index contributed by atoms with van der Waals surface area (Å²) in [5, 5.41) is 2.62. The number of carbonyl (C=O) groups is 2. The highest BCUT2D eigenvalue weighted by atomic mass is 32.2. The quantitative estimate of drug-likeness (QED) is 0.404. The minimum absolute atomic E-state index is 0.238. The number of thioether (sulfide) groups is 1. The van der Waals surface area contributed by atoms with Crippen molar-refractivity contribution < 1.29 is 14.3 Å². The molecule has 132 valence electrons. The van der Waals surface area contributed by atoms with Gasteiger partial charge in [-0.1, -0.05) is 11.8 Å². The molecule has 9 heteroatoms. The van der Waals surface area contributed by atoms with Gasteiger partial charge in [-0.2, -0.15) is 0 Å². The highest BCUT2D eigenvalue weighted by Gasteiger charge is 2.17. The third-order valence-corrected chi connectivity index (χ3v) is 4.02. The fourth-order valence-electron chi connectivity index (χ4n) is 1.87. The number of nitrogens with one attached hydrogen (secondary N) is 1. The van der Waals surface area contributed by atoms with Crippen LogP contribution in [0.1, 0.15) is 24.2 Å². The molecule has 0 saturated heterocycles. The lowest BCUT2D eigenvalue weighted by Crippen LogP contribution is -2.22. The number of anilines is 3. The molecule has 0 aliphatic carbocycles. The van der Waals surface area contributed by atoms with Crippen molar-refractivity contribution in [1.29, 1.82) is 0 Å². The molecule has 0 aliphatic heterocycles. The lowest BCUT2D eigenvalue weighted by molar-refractivity contribution is -0.115. The minimum atomic E-state index is -0.467. The van der Waals surface area contributed by atoms with E-state index < -0.39 is 11.2 Å². The smallest absolute Gasteiger partial charge is 0.338 e. The van der Waals surface area contributed by atoms with Gasteiger partial charge in [0.15, 0.2) is 5.16 Å². The van der Waals surface area contributed by atoms with Crippen LogP contribution in [0, 0.1) is 0 Å². The summed E-state index contributed by atoms with van der Waals surface area (Å²) < 4.78 is 4.91. The molecule has 0 saturated carbocycles. The largest absolute Gasteiger partial charge is 0.462 e. The number of benzene rings is 1. The molecule has 25 heavy (non-hydrogen) atoms. The van der Waals surface area contributed by atoms with Crippen molar-refractivity contribution in [3.63, 3.8) is 0 Å². The number of hydrogen-bond donors (Lipinski definition) is 3. The summed E-state index contributed by atoms with van der Waals surface area (Å²) in [6.45, 7) is 3.77. The molecule has 2 rings (SSSR count). The number of amides is 1. The van der Waals surface area contributed by atoms with Crippen molar-refractivity contribution in [3.05, 3.63) is 35.9 Å². The van der Waals surface area contributed by atoms with Crippen LogP contribution in [0.4, 0.5) is 17.3 Å². The molecule has 0 radical (unpaired) electrons. The van der Waals surface area contributed by atoms with Gasteiger partial charge in [0, 0.05) is 11.8 Å². The second kappa shape index (κ2) is 8.34. The van der Waals surface area contributed by atoms with Crippen LogP contribution in [0.15, 0.2) is 35.5 Å². The summed E-state index contributed by atoms with van der Waals surface area (Å²) in [6.07, 6.45) is 0. The maximum atomic E-state index is 12.3. The summed E-state index contributed by atoms with van der Waals surface area (Å²) >= 11 is 1.15. The third kappa shape index (κ3) is 5.35. The van der Waals surface area contributed by atoms with Gasteiger partial charge in [-0.3, -0.25) is 4.79 Å². The Morgan fingerprint density at radius 1 is 1.20 bits per heavy atom. The molecule has 1 amide bonds. The summed E-state index contributed by atoms with van der Waals surface area (Å²) in [7, 11) is 0. The number of hydrogen-bond acceptors (Lipinski definition) is 8. The SMILES string of the molecule is CCOC(=O)c1ccc(NC(=O)C(C)Sc2nc(N)cc(N)n2)cc1. The first kappa shape index (κ1) is 18.5. The van der Waals surface area contributed by atoms with Crippen LogP contribution >= 0.6 is 11.8 Å². The van der Waals surface area contributed by atoms with Gasteiger partial charge < -0.3 is 21.5 Å². The van der Waals surface area contributed by atoms with Gasteiger partial charge >= 0.3 is 5.97 Å². The molecular formula is C16H19N5O3S. The summed E-state index contributed by atoms with van der Waals surface area (Å²) in [5.41, 5.74) is 12.2. The van der Waals surface area contributed by atoms with Gasteiger partial charge in [0.1, 0.15) is 11.6 Å². The molecule has 0 bridgehead atoms. The van der Waals surface area contributed by atoms with E-state index in [-0.39, 0.29) is 17.5 Å². The number of esters is 1. The number of nitrogens with two attached hydrogens (primary N) is 2. The first-order chi connectivity index (χ1) is 11.9. The first-order valence-corrected chi connectivity index (χ1v) is 8.41. The normalized spacial score (nSPS) is 11.6. The number of aromatic nitrogens is 2. The molecule has 0 aliphatic rings. The van der Waals surface area contributed by atoms with Gasteiger partial charge in [-0.25, -0.2) is 14.8 Å². The second-order valence-electron chi connectivity index (χ2n) is 5.05. The fourth-order valence-corrected chi connectivity index (χ4v) is 2.67. The van der Waals surface area contributed by atoms with E-state index in [1.807, 2.05) is 0 Å². The van der Waals surface area contributed by atoms with E-state index in [0.29, 0.717) is 23.0 Å². The highest BCUT2D eigenvalue weighted by Crippen LogP contribution is 2.22. The van der Waals surface area contributed by atoms with E-state index in [9.17, 15) is 9.59 Å². The zero-order valence-corrected chi connectivity index (χ0v) is 14.7. The van der Waals surface area contributed by atoms with Gasteiger partial charge in [0.05, 0.1) is 17.4 Å². The number of rotatable bonds is 6. The van der Waals surface area contributed by atoms with Crippen molar-refractivity contribution in [2.75, 3.05) is 23.4 Å². The summed E-state index contributed by atoms with van der Waals surface area (Å²) in [6, 6.07) is 7.90. The van der Waals surface area contributed by atoms with E-state index >= 15 is 0 Å². The Morgan fingerprint density at radius 3 is 2.36 bits per heavy atom. The average molecular weight is 361 g/mol. The molecule has 1 unspecified atom stereocenters. The minimum Gasteiger partial charge on any atom is -0.462 e. The molecule has 0 spiro atoms. The van der Waals surface area contributed by atoms with E-state index in [1.165, 1.54) is 6.07 Å². The molecule has 1 atom stereocenters. The van der Waals surface area contributed by atoms with Crippen molar-refractivity contribution in [1.82, 2.24) is 9.97 Å². The van der Waals surface area contributed by atoms with Crippen LogP contribution in [0.5, 0.6) is 0 Å². The van der Waals surface area contributed by atoms with Gasteiger partial charge in [-0.05, 0) is 38.1 Å². The predicted octanol–water partition coefficient (Wildman–Crippen LogP) is 1.94. The van der Waals surface area contributed by atoms with Crippen LogP contribution in [-0.2, 0) is 9.53 Å². The Balaban J connectivity index is 1.97. The molecule has 0 fully saturated rings. The number of nitrogen functional groups attached to an aromatic ring is 2. The molecule has 1 aromatic carbocycles. The molecule has 1 aromatic heterocycles. The third-order valence-electron chi connectivity index (χ3n) is 3.06. The van der Waals surface area contributed by atoms with Crippen LogP contribution in [0.25, 0.3) is 0 Å². The zero-order valence-electron chi connectivity index (χ0n) is 13.9. The Labute approximate surface area is 149 Å². The Hall–Kier alpha value is -2.81. The monoisotopic (exact) mass is 361 g/mol. The van der Waals surface area contributed by atoms with Crippen molar-refractivity contribution >= 4 is 41.0 Å². The van der Waals surface area contributed by atoms with E-state index in [0.717, 1.165) is 11.8 Å². The molecule has 2 aromatic rings. The lowest BCUT2D eigenvalue weighted by atomic mass is 10.2. The maximum Gasteiger partial charge on any atom is 0.338 e. The molecular weight excluding hydrogens is 342 g/mol. The lowest BCUT2D eigenvalue weighted by Gasteiger charge is -2.12. The van der Waals surface area contributed by atoms with Crippen molar-refractivity contribution in [3.8, 4) is 0 Å². The number of ether oxygens (including phenoxy) is 1. The predicted molar refractivity (Wildman–Crippen MR) is 97.2 cm³/mol. The van der Waals surface area contributed by atoms with Crippen molar-refractivity contribution in [2.45, 2.75) is 24.3 Å². The first-order valence-electron chi connectivity index (χ1n) is 7.53. The van der Waals surface area contributed by atoms with Gasteiger partial charge in [0.2, 0.25) is 5.91 Å². The zero-order chi connectivity index (χ0) is 18.4. The molecule has 8 nitrogen and oxygen atoms in total. The van der Waals surface area contributed by atoms with Crippen LogP contribution in [-0.4, -0.2) is 33.7 Å². The Kier molecular flexibility index (Phi) is 6.18. The summed E-state index contributed by atoms with van der Waals surface area (Å²) in [4.78, 5) is 31.9. The number of carbonyl (C=O) groups excluding carboxylic acids is 2. The van der Waals surface area contributed by atoms with E-state index in [2.05, 4.69) is 15.3 Å². The number of nitrogens with zero attached hydrogens (tertiary/aromatic N) is 2. The topological polar surface area (TPSA) is 133 Å². The standard InChI is InChI=1S/C16H19N5O3S/c1-3-24-15(23)10-4-6-11(7-5-10)19-14(22)9(2)25-16-20-12(17)8-13(18)21-16/h4-9H,3H2,1-2H3,(H,19,22)(H4,17,18,20,21). The van der Waals surface area contributed by atoms with Crippen LogP contribution < -0.4 is 16.8 Å². The maximum absolute atomic E-state index is 12.3. The highest BCUT2D eigenvalue weighted by molar-refractivity contribution is 8.00. The van der Waals surface area contributed by atoms with E-state index in [1.54, 1.807) is 38.1 Å². The van der Waals surface area contributed by atoms with Gasteiger partial charge in [0.25, 0.3) is 0 Å². The van der Waals surface area contributed by atoms with Gasteiger partial charge in [-0.15, -0.1) is 0 Å². The second-order valence-corrected chi connectivity index (χ2v) is 6.36. The van der Waals surface area contributed by atoms with E-state index in [4.69, 9.17) is 16.2 Å².